The van der Waals surface area contributed by atoms with Crippen molar-refractivity contribution in [2.45, 2.75) is 12.8 Å². The first kappa shape index (κ1) is 18.6. The van der Waals surface area contributed by atoms with Crippen LogP contribution in [0.4, 0.5) is 5.69 Å². The van der Waals surface area contributed by atoms with Gasteiger partial charge >= 0.3 is 0 Å². The van der Waals surface area contributed by atoms with Crippen LogP contribution in [0, 0.1) is 0 Å². The van der Waals surface area contributed by atoms with Crippen molar-refractivity contribution in [2.24, 2.45) is 10.9 Å². The lowest BCUT2D eigenvalue weighted by Crippen LogP contribution is -2.19. The zero-order valence-electron chi connectivity index (χ0n) is 13.9. The summed E-state index contributed by atoms with van der Waals surface area (Å²) in [5.41, 5.74) is 7.40. The SMILES string of the molecule is COc1ccc(Cl)cc1NC(=O)CO/N=C(\N)CCc1ccccc1. The van der Waals surface area contributed by atoms with E-state index in [1.54, 1.807) is 18.2 Å². The maximum absolute atomic E-state index is 11.9. The van der Waals surface area contributed by atoms with Crippen molar-refractivity contribution in [3.8, 4) is 5.75 Å². The van der Waals surface area contributed by atoms with Crippen LogP contribution in [0.1, 0.15) is 12.0 Å². The molecule has 0 aliphatic rings. The van der Waals surface area contributed by atoms with Gasteiger partial charge < -0.3 is 20.6 Å². The van der Waals surface area contributed by atoms with Gasteiger partial charge in [-0.05, 0) is 30.2 Å². The Hall–Kier alpha value is -2.73. The quantitative estimate of drug-likeness (QED) is 0.429. The molecule has 0 aromatic heterocycles. The van der Waals surface area contributed by atoms with Crippen molar-refractivity contribution in [2.75, 3.05) is 19.0 Å². The van der Waals surface area contributed by atoms with Crippen molar-refractivity contribution >= 4 is 29.0 Å². The number of anilines is 1. The molecule has 1 amide bonds. The molecule has 25 heavy (non-hydrogen) atoms. The number of carbonyl (C=O) groups is 1. The van der Waals surface area contributed by atoms with Gasteiger partial charge in [-0.15, -0.1) is 0 Å². The number of benzene rings is 2. The predicted octanol–water partition coefficient (Wildman–Crippen LogP) is 3.21. The molecule has 0 fully saturated rings. The molecule has 0 atom stereocenters. The molecule has 2 aromatic carbocycles. The molecular formula is C18H20ClN3O3. The van der Waals surface area contributed by atoms with Gasteiger partial charge in [-0.1, -0.05) is 47.1 Å². The number of methoxy groups -OCH3 is 1. The third kappa shape index (κ3) is 6.35. The number of aryl methyl sites for hydroxylation is 1. The molecule has 6 nitrogen and oxygen atoms in total. The highest BCUT2D eigenvalue weighted by Gasteiger charge is 2.09. The summed E-state index contributed by atoms with van der Waals surface area (Å²) in [6.45, 7) is -0.262. The Morgan fingerprint density at radius 1 is 1.24 bits per heavy atom. The molecule has 0 spiro atoms. The number of nitrogens with zero attached hydrogens (tertiary/aromatic N) is 1. The highest BCUT2D eigenvalue weighted by molar-refractivity contribution is 6.31. The fraction of sp³-hybridized carbons (Fsp3) is 0.222. The Morgan fingerprint density at radius 3 is 2.72 bits per heavy atom. The molecule has 132 valence electrons. The summed E-state index contributed by atoms with van der Waals surface area (Å²) >= 11 is 5.91. The Morgan fingerprint density at radius 2 is 2.00 bits per heavy atom. The zero-order chi connectivity index (χ0) is 18.1. The number of amidine groups is 1. The number of nitrogens with one attached hydrogen (secondary N) is 1. The average molecular weight is 362 g/mol. The molecule has 0 unspecified atom stereocenters. The minimum absolute atomic E-state index is 0.262. The van der Waals surface area contributed by atoms with Gasteiger partial charge in [0.2, 0.25) is 0 Å². The first-order valence-electron chi connectivity index (χ1n) is 7.70. The van der Waals surface area contributed by atoms with E-state index < -0.39 is 0 Å². The normalized spacial score (nSPS) is 11.0. The van der Waals surface area contributed by atoms with Crippen LogP contribution >= 0.6 is 11.6 Å². The molecule has 0 radical (unpaired) electrons. The Labute approximate surface area is 151 Å². The highest BCUT2D eigenvalue weighted by Crippen LogP contribution is 2.27. The van der Waals surface area contributed by atoms with Gasteiger partial charge in [-0.3, -0.25) is 4.79 Å². The smallest absolute Gasteiger partial charge is 0.265 e. The standard InChI is InChI=1S/C18H20ClN3O3/c1-24-16-9-8-14(19)11-15(16)21-18(23)12-25-22-17(20)10-7-13-5-3-2-4-6-13/h2-6,8-9,11H,7,10,12H2,1H3,(H2,20,22)(H,21,23). The second-order valence-corrected chi connectivity index (χ2v) is 5.67. The van der Waals surface area contributed by atoms with E-state index in [9.17, 15) is 4.79 Å². The maximum atomic E-state index is 11.9. The van der Waals surface area contributed by atoms with Crippen LogP contribution in [0.2, 0.25) is 5.02 Å². The largest absolute Gasteiger partial charge is 0.495 e. The lowest BCUT2D eigenvalue weighted by atomic mass is 10.1. The number of halogens is 1. The summed E-state index contributed by atoms with van der Waals surface area (Å²) in [6, 6.07) is 14.8. The summed E-state index contributed by atoms with van der Waals surface area (Å²) < 4.78 is 5.16. The number of hydrogen-bond donors (Lipinski definition) is 2. The van der Waals surface area contributed by atoms with Gasteiger partial charge in [0, 0.05) is 11.4 Å². The summed E-state index contributed by atoms with van der Waals surface area (Å²) in [4.78, 5) is 16.9. The third-order valence-electron chi connectivity index (χ3n) is 3.33. The molecule has 7 heteroatoms. The van der Waals surface area contributed by atoms with E-state index in [2.05, 4.69) is 10.5 Å². The van der Waals surface area contributed by atoms with Gasteiger partial charge in [0.05, 0.1) is 12.8 Å². The highest BCUT2D eigenvalue weighted by atomic mass is 35.5. The number of carbonyl (C=O) groups excluding carboxylic acids is 1. The number of nitrogens with two attached hydrogens (primary N) is 1. The number of amides is 1. The Kier molecular flexibility index (Phi) is 7.10. The van der Waals surface area contributed by atoms with Crippen LogP contribution in [0.3, 0.4) is 0 Å². The van der Waals surface area contributed by atoms with Gasteiger partial charge in [-0.2, -0.15) is 0 Å². The predicted molar refractivity (Wildman–Crippen MR) is 99.0 cm³/mol. The van der Waals surface area contributed by atoms with E-state index in [0.717, 1.165) is 12.0 Å². The van der Waals surface area contributed by atoms with Crippen LogP contribution in [0.25, 0.3) is 0 Å². The van der Waals surface area contributed by atoms with Crippen LogP contribution < -0.4 is 15.8 Å². The Balaban J connectivity index is 1.78. The number of rotatable bonds is 8. The lowest BCUT2D eigenvalue weighted by molar-refractivity contribution is -0.120. The van der Waals surface area contributed by atoms with Crippen molar-refractivity contribution in [1.82, 2.24) is 0 Å². The van der Waals surface area contributed by atoms with Gasteiger partial charge in [-0.25, -0.2) is 0 Å². The van der Waals surface area contributed by atoms with E-state index in [4.69, 9.17) is 26.9 Å². The summed E-state index contributed by atoms with van der Waals surface area (Å²) in [7, 11) is 1.51. The third-order valence-corrected chi connectivity index (χ3v) is 3.56. The molecule has 0 saturated carbocycles. The molecule has 0 aliphatic heterocycles. The van der Waals surface area contributed by atoms with Crippen LogP contribution in [-0.2, 0) is 16.1 Å². The lowest BCUT2D eigenvalue weighted by Gasteiger charge is -2.10. The van der Waals surface area contributed by atoms with Crippen LogP contribution in [-0.4, -0.2) is 25.5 Å². The van der Waals surface area contributed by atoms with E-state index in [1.165, 1.54) is 7.11 Å². The van der Waals surface area contributed by atoms with E-state index >= 15 is 0 Å². The zero-order valence-corrected chi connectivity index (χ0v) is 14.6. The average Bonchev–Trinajstić information content (AvgIpc) is 2.61. The topological polar surface area (TPSA) is 85.9 Å². The summed E-state index contributed by atoms with van der Waals surface area (Å²) in [6.07, 6.45) is 1.30. The molecule has 3 N–H and O–H groups in total. The van der Waals surface area contributed by atoms with Crippen molar-refractivity contribution in [3.05, 3.63) is 59.1 Å². The minimum Gasteiger partial charge on any atom is -0.495 e. The number of oxime groups is 1. The fourth-order valence-electron chi connectivity index (χ4n) is 2.10. The van der Waals surface area contributed by atoms with Crippen molar-refractivity contribution in [1.29, 1.82) is 0 Å². The minimum atomic E-state index is -0.389. The first-order chi connectivity index (χ1) is 12.1. The van der Waals surface area contributed by atoms with Gasteiger partial charge in [0.25, 0.3) is 5.91 Å². The number of hydrogen-bond acceptors (Lipinski definition) is 4. The van der Waals surface area contributed by atoms with Gasteiger partial charge in [0.15, 0.2) is 6.61 Å². The molecule has 0 heterocycles. The molecule has 0 saturated heterocycles. The second kappa shape index (κ2) is 9.54. The fourth-order valence-corrected chi connectivity index (χ4v) is 2.27. The second-order valence-electron chi connectivity index (χ2n) is 5.23. The molecule has 0 bridgehead atoms. The molecule has 2 rings (SSSR count). The summed E-state index contributed by atoms with van der Waals surface area (Å²) in [5.74, 6) is 0.445. The van der Waals surface area contributed by atoms with Crippen molar-refractivity contribution < 1.29 is 14.4 Å². The summed E-state index contributed by atoms with van der Waals surface area (Å²) in [5, 5.41) is 6.89. The van der Waals surface area contributed by atoms with E-state index in [-0.39, 0.29) is 12.5 Å². The van der Waals surface area contributed by atoms with Crippen LogP contribution in [0.15, 0.2) is 53.7 Å². The maximum Gasteiger partial charge on any atom is 0.265 e. The van der Waals surface area contributed by atoms with Gasteiger partial charge in [0.1, 0.15) is 11.6 Å². The Bertz CT molecular complexity index is 736. The number of ether oxygens (including phenoxy) is 1. The van der Waals surface area contributed by atoms with Crippen LogP contribution in [0.5, 0.6) is 5.75 Å². The first-order valence-corrected chi connectivity index (χ1v) is 8.08. The van der Waals surface area contributed by atoms with E-state index in [1.807, 2.05) is 30.3 Å². The molecular weight excluding hydrogens is 342 g/mol. The molecule has 0 aliphatic carbocycles. The van der Waals surface area contributed by atoms with E-state index in [0.29, 0.717) is 28.7 Å². The van der Waals surface area contributed by atoms with Crippen molar-refractivity contribution in [3.63, 3.8) is 0 Å². The molecule has 2 aromatic rings. The monoisotopic (exact) mass is 361 g/mol.